The Bertz CT molecular complexity index is 638. The Kier molecular flexibility index (Phi) is 4.58. The van der Waals surface area contributed by atoms with Gasteiger partial charge in [-0.1, -0.05) is 26.0 Å². The van der Waals surface area contributed by atoms with Crippen molar-refractivity contribution in [2.24, 2.45) is 5.73 Å². The van der Waals surface area contributed by atoms with E-state index in [1.807, 2.05) is 24.3 Å². The number of halogens is 1. The van der Waals surface area contributed by atoms with Crippen molar-refractivity contribution in [2.75, 3.05) is 0 Å². The van der Waals surface area contributed by atoms with Gasteiger partial charge in [-0.05, 0) is 48.2 Å². The van der Waals surface area contributed by atoms with Gasteiger partial charge in [0.15, 0.2) is 0 Å². The van der Waals surface area contributed by atoms with Crippen LogP contribution < -0.4 is 10.5 Å². The highest BCUT2D eigenvalue weighted by Gasteiger charge is 2.10. The molecule has 0 bridgehead atoms. The molecule has 0 aliphatic rings. The van der Waals surface area contributed by atoms with Crippen molar-refractivity contribution in [3.63, 3.8) is 0 Å². The van der Waals surface area contributed by atoms with Crippen molar-refractivity contribution < 1.29 is 9.13 Å². The van der Waals surface area contributed by atoms with E-state index in [2.05, 4.69) is 13.8 Å². The Labute approximate surface area is 124 Å². The number of amidine groups is 1. The number of nitrogen functional groups attached to an aromatic ring is 1. The van der Waals surface area contributed by atoms with Gasteiger partial charge in [0.2, 0.25) is 0 Å². The molecule has 0 aromatic heterocycles. The molecular formula is C17H19FN2O. The molecule has 2 aromatic carbocycles. The number of hydrogen-bond acceptors (Lipinski definition) is 2. The summed E-state index contributed by atoms with van der Waals surface area (Å²) in [5.41, 5.74) is 6.95. The van der Waals surface area contributed by atoms with Crippen LogP contribution in [0.2, 0.25) is 0 Å². The van der Waals surface area contributed by atoms with Gasteiger partial charge in [-0.2, -0.15) is 0 Å². The molecule has 0 radical (unpaired) electrons. The van der Waals surface area contributed by atoms with Gasteiger partial charge in [-0.25, -0.2) is 4.39 Å². The zero-order valence-corrected chi connectivity index (χ0v) is 12.2. The molecule has 2 aromatic rings. The highest BCUT2D eigenvalue weighted by molar-refractivity contribution is 5.97. The van der Waals surface area contributed by atoms with Crippen LogP contribution in [0.1, 0.15) is 37.3 Å². The van der Waals surface area contributed by atoms with E-state index in [0.29, 0.717) is 17.4 Å². The van der Waals surface area contributed by atoms with Gasteiger partial charge in [-0.15, -0.1) is 0 Å². The summed E-state index contributed by atoms with van der Waals surface area (Å²) in [5, 5.41) is 7.49. The number of nitrogens with one attached hydrogen (secondary N) is 1. The average molecular weight is 286 g/mol. The minimum absolute atomic E-state index is 0.222. The summed E-state index contributed by atoms with van der Waals surface area (Å²) in [6, 6.07) is 11.7. The summed E-state index contributed by atoms with van der Waals surface area (Å²) in [5.74, 6) is 0.842. The summed E-state index contributed by atoms with van der Waals surface area (Å²) in [7, 11) is 0. The molecule has 0 fully saturated rings. The molecular weight excluding hydrogens is 267 g/mol. The van der Waals surface area contributed by atoms with Crippen LogP contribution >= 0.6 is 0 Å². The minimum atomic E-state index is -0.445. The van der Waals surface area contributed by atoms with Gasteiger partial charge < -0.3 is 10.5 Å². The van der Waals surface area contributed by atoms with E-state index in [4.69, 9.17) is 15.9 Å². The molecule has 3 nitrogen and oxygen atoms in total. The van der Waals surface area contributed by atoms with Gasteiger partial charge in [0, 0.05) is 0 Å². The fraction of sp³-hybridized carbons (Fsp3) is 0.235. The van der Waals surface area contributed by atoms with E-state index in [1.54, 1.807) is 0 Å². The van der Waals surface area contributed by atoms with Gasteiger partial charge in [0.1, 0.15) is 23.2 Å². The van der Waals surface area contributed by atoms with Gasteiger partial charge in [0.05, 0.1) is 5.56 Å². The van der Waals surface area contributed by atoms with Crippen molar-refractivity contribution in [2.45, 2.75) is 26.2 Å². The second kappa shape index (κ2) is 6.39. The van der Waals surface area contributed by atoms with Gasteiger partial charge >= 0.3 is 0 Å². The predicted octanol–water partition coefficient (Wildman–Crippen LogP) is 4.42. The lowest BCUT2D eigenvalue weighted by Crippen LogP contribution is -2.12. The fourth-order valence-corrected chi connectivity index (χ4v) is 2.03. The van der Waals surface area contributed by atoms with Crippen LogP contribution in [0.15, 0.2) is 42.5 Å². The molecule has 110 valence electrons. The molecule has 0 aliphatic heterocycles. The quantitative estimate of drug-likeness (QED) is 0.631. The lowest BCUT2D eigenvalue weighted by molar-refractivity contribution is 0.479. The van der Waals surface area contributed by atoms with Crippen molar-refractivity contribution in [3.8, 4) is 11.5 Å². The lowest BCUT2D eigenvalue weighted by atomic mass is 9.99. The predicted molar refractivity (Wildman–Crippen MR) is 82.6 cm³/mol. The monoisotopic (exact) mass is 286 g/mol. The molecule has 3 N–H and O–H groups in total. The number of rotatable bonds is 5. The Morgan fingerprint density at radius 2 is 1.90 bits per heavy atom. The maximum Gasteiger partial charge on any atom is 0.138 e. The molecule has 0 spiro atoms. The van der Waals surface area contributed by atoms with Crippen molar-refractivity contribution in [1.29, 1.82) is 5.41 Å². The first-order valence-corrected chi connectivity index (χ1v) is 6.93. The van der Waals surface area contributed by atoms with Crippen LogP contribution in [0.4, 0.5) is 4.39 Å². The first-order chi connectivity index (χ1) is 10.0. The summed E-state index contributed by atoms with van der Waals surface area (Å²) in [4.78, 5) is 0. The normalized spacial score (nSPS) is 12.0. The first kappa shape index (κ1) is 15.0. The van der Waals surface area contributed by atoms with E-state index in [9.17, 15) is 4.39 Å². The van der Waals surface area contributed by atoms with Crippen molar-refractivity contribution in [3.05, 3.63) is 59.4 Å². The number of hydrogen-bond donors (Lipinski definition) is 2. The molecule has 1 atom stereocenters. The molecule has 21 heavy (non-hydrogen) atoms. The van der Waals surface area contributed by atoms with Crippen LogP contribution in [0.3, 0.4) is 0 Å². The smallest absolute Gasteiger partial charge is 0.138 e. The molecule has 0 saturated carbocycles. The zero-order chi connectivity index (χ0) is 15.4. The standard InChI is InChI=1S/C17H19FN2O/c1-3-11(2)12-4-7-14(8-5-12)21-16-9-6-13(18)10-15(16)17(19)20/h4-11H,3H2,1-2H3,(H3,19,20). The maximum atomic E-state index is 13.2. The van der Waals surface area contributed by atoms with E-state index in [-0.39, 0.29) is 11.4 Å². The van der Waals surface area contributed by atoms with Crippen molar-refractivity contribution in [1.82, 2.24) is 0 Å². The first-order valence-electron chi connectivity index (χ1n) is 6.93. The summed E-state index contributed by atoms with van der Waals surface area (Å²) >= 11 is 0. The van der Waals surface area contributed by atoms with Crippen LogP contribution in [0.25, 0.3) is 0 Å². The molecule has 0 aliphatic carbocycles. The van der Waals surface area contributed by atoms with Crippen molar-refractivity contribution >= 4 is 5.84 Å². The highest BCUT2D eigenvalue weighted by atomic mass is 19.1. The van der Waals surface area contributed by atoms with Gasteiger partial charge in [-0.3, -0.25) is 5.41 Å². The second-order valence-electron chi connectivity index (χ2n) is 5.03. The average Bonchev–Trinajstić information content (AvgIpc) is 2.49. The summed E-state index contributed by atoms with van der Waals surface area (Å²) < 4.78 is 18.9. The topological polar surface area (TPSA) is 59.1 Å². The van der Waals surface area contributed by atoms with Gasteiger partial charge in [0.25, 0.3) is 0 Å². The number of nitrogens with two attached hydrogens (primary N) is 1. The van der Waals surface area contributed by atoms with Crippen LogP contribution in [0, 0.1) is 11.2 Å². The maximum absolute atomic E-state index is 13.2. The van der Waals surface area contributed by atoms with Crippen LogP contribution in [0.5, 0.6) is 11.5 Å². The molecule has 0 amide bonds. The third-order valence-electron chi connectivity index (χ3n) is 3.52. The number of benzene rings is 2. The third-order valence-corrected chi connectivity index (χ3v) is 3.52. The molecule has 4 heteroatoms. The van der Waals surface area contributed by atoms with E-state index in [0.717, 1.165) is 6.42 Å². The Balaban J connectivity index is 2.24. The van der Waals surface area contributed by atoms with Crippen LogP contribution in [-0.4, -0.2) is 5.84 Å². The summed E-state index contributed by atoms with van der Waals surface area (Å²) in [6.07, 6.45) is 1.08. The summed E-state index contributed by atoms with van der Waals surface area (Å²) in [6.45, 7) is 4.32. The highest BCUT2D eigenvalue weighted by Crippen LogP contribution is 2.28. The molecule has 1 unspecified atom stereocenters. The fourth-order valence-electron chi connectivity index (χ4n) is 2.03. The number of ether oxygens (including phenoxy) is 1. The second-order valence-corrected chi connectivity index (χ2v) is 5.03. The zero-order valence-electron chi connectivity index (χ0n) is 12.2. The molecule has 0 saturated heterocycles. The Morgan fingerprint density at radius 1 is 1.24 bits per heavy atom. The van der Waals surface area contributed by atoms with E-state index >= 15 is 0 Å². The Hall–Kier alpha value is -2.36. The minimum Gasteiger partial charge on any atom is -0.457 e. The van der Waals surface area contributed by atoms with E-state index in [1.165, 1.54) is 23.8 Å². The van der Waals surface area contributed by atoms with E-state index < -0.39 is 5.82 Å². The Morgan fingerprint density at radius 3 is 2.48 bits per heavy atom. The molecule has 2 rings (SSSR count). The van der Waals surface area contributed by atoms with Crippen LogP contribution in [-0.2, 0) is 0 Å². The third kappa shape index (κ3) is 3.60. The molecule has 0 heterocycles. The largest absolute Gasteiger partial charge is 0.457 e. The lowest BCUT2D eigenvalue weighted by Gasteiger charge is -2.12. The SMILES string of the molecule is CCC(C)c1ccc(Oc2ccc(F)cc2C(=N)N)cc1.